The summed E-state index contributed by atoms with van der Waals surface area (Å²) in [5.41, 5.74) is 0. The number of piperazine rings is 1. The normalized spacial score (nSPS) is 24.1. The summed E-state index contributed by atoms with van der Waals surface area (Å²) in [5.74, 6) is 0. The lowest BCUT2D eigenvalue weighted by atomic mass is 10.1. The number of hydrogen-bond acceptors (Lipinski definition) is 5. The first-order chi connectivity index (χ1) is 10.2. The number of nitrogens with zero attached hydrogens (tertiary/aromatic N) is 3. The minimum absolute atomic E-state index is 0.0248. The Morgan fingerprint density at radius 1 is 1.48 bits per heavy atom. The maximum Gasteiger partial charge on any atom is 0.317 e. The van der Waals surface area contributed by atoms with Crippen LogP contribution in [0.25, 0.3) is 0 Å². The molecule has 7 heteroatoms. The van der Waals surface area contributed by atoms with Crippen LogP contribution in [0.3, 0.4) is 0 Å². The summed E-state index contributed by atoms with van der Waals surface area (Å²) in [6, 6.07) is 0.105. The van der Waals surface area contributed by atoms with Gasteiger partial charge in [0.2, 0.25) is 0 Å². The summed E-state index contributed by atoms with van der Waals surface area (Å²) in [4.78, 5) is 20.7. The molecule has 0 spiro atoms. The molecule has 2 aliphatic heterocycles. The van der Waals surface area contributed by atoms with Crippen LogP contribution in [0.1, 0.15) is 19.8 Å². The molecule has 2 aliphatic rings. The fourth-order valence-corrected chi connectivity index (χ4v) is 3.55. The molecule has 2 amide bonds. The predicted molar refractivity (Wildman–Crippen MR) is 82.9 cm³/mol. The Labute approximate surface area is 129 Å². The first-order valence-corrected chi connectivity index (χ1v) is 8.43. The molecule has 0 saturated carbocycles. The molecule has 1 aromatic rings. The van der Waals surface area contributed by atoms with Crippen molar-refractivity contribution < 1.29 is 9.53 Å². The molecule has 0 unspecified atom stereocenters. The average Bonchev–Trinajstić information content (AvgIpc) is 3.20. The van der Waals surface area contributed by atoms with Gasteiger partial charge < -0.3 is 19.9 Å². The van der Waals surface area contributed by atoms with E-state index in [-0.39, 0.29) is 18.2 Å². The number of thiazole rings is 1. The van der Waals surface area contributed by atoms with Gasteiger partial charge in [-0.15, -0.1) is 11.3 Å². The van der Waals surface area contributed by atoms with Gasteiger partial charge in [-0.05, 0) is 19.8 Å². The van der Waals surface area contributed by atoms with Gasteiger partial charge in [0.15, 0.2) is 5.13 Å². The number of urea groups is 1. The van der Waals surface area contributed by atoms with Gasteiger partial charge in [-0.25, -0.2) is 9.78 Å². The maximum atomic E-state index is 12.3. The van der Waals surface area contributed by atoms with Gasteiger partial charge in [0.1, 0.15) is 0 Å². The van der Waals surface area contributed by atoms with Gasteiger partial charge in [-0.2, -0.15) is 0 Å². The summed E-state index contributed by atoms with van der Waals surface area (Å²) in [5, 5.41) is 6.10. The summed E-state index contributed by atoms with van der Waals surface area (Å²) in [7, 11) is 0. The monoisotopic (exact) mass is 310 g/mol. The second-order valence-electron chi connectivity index (χ2n) is 5.58. The molecule has 0 aliphatic carbocycles. The third-order valence-corrected chi connectivity index (χ3v) is 4.96. The Balaban J connectivity index is 1.46. The lowest BCUT2D eigenvalue weighted by molar-refractivity contribution is 0.0831. The van der Waals surface area contributed by atoms with Crippen LogP contribution in [0.15, 0.2) is 11.6 Å². The Morgan fingerprint density at radius 2 is 2.29 bits per heavy atom. The second-order valence-corrected chi connectivity index (χ2v) is 6.45. The van der Waals surface area contributed by atoms with Crippen LogP contribution >= 0.6 is 11.3 Å². The first kappa shape index (κ1) is 14.6. The van der Waals surface area contributed by atoms with Crippen LogP contribution < -0.4 is 10.2 Å². The molecule has 2 atom stereocenters. The third kappa shape index (κ3) is 3.47. The smallest absolute Gasteiger partial charge is 0.317 e. The SMILES string of the molecule is C[C@@H](NC(=O)N1CCN(c2nccs2)CC1)[C@@H]1CCCO1. The number of rotatable bonds is 3. The summed E-state index contributed by atoms with van der Waals surface area (Å²) in [6.45, 7) is 6.01. The Morgan fingerprint density at radius 3 is 2.90 bits per heavy atom. The highest BCUT2D eigenvalue weighted by molar-refractivity contribution is 7.13. The fourth-order valence-electron chi connectivity index (χ4n) is 2.85. The highest BCUT2D eigenvalue weighted by Gasteiger charge is 2.27. The molecule has 3 heterocycles. The number of amides is 2. The number of anilines is 1. The minimum Gasteiger partial charge on any atom is -0.376 e. The van der Waals surface area contributed by atoms with Crippen LogP contribution in [0.5, 0.6) is 0 Å². The van der Waals surface area contributed by atoms with Crippen LogP contribution in [-0.2, 0) is 4.74 Å². The molecular weight excluding hydrogens is 288 g/mol. The van der Waals surface area contributed by atoms with E-state index in [1.165, 1.54) is 0 Å². The average molecular weight is 310 g/mol. The van der Waals surface area contributed by atoms with Crippen molar-refractivity contribution >= 4 is 22.5 Å². The van der Waals surface area contributed by atoms with E-state index in [1.807, 2.05) is 23.4 Å². The fraction of sp³-hybridized carbons (Fsp3) is 0.714. The van der Waals surface area contributed by atoms with E-state index in [2.05, 4.69) is 15.2 Å². The highest BCUT2D eigenvalue weighted by atomic mass is 32.1. The highest BCUT2D eigenvalue weighted by Crippen LogP contribution is 2.19. The number of hydrogen-bond donors (Lipinski definition) is 1. The number of nitrogens with one attached hydrogen (secondary N) is 1. The largest absolute Gasteiger partial charge is 0.376 e. The topological polar surface area (TPSA) is 57.7 Å². The van der Waals surface area contributed by atoms with Crippen molar-refractivity contribution in [2.75, 3.05) is 37.7 Å². The van der Waals surface area contributed by atoms with Gasteiger partial charge in [0.25, 0.3) is 0 Å². The number of aromatic nitrogens is 1. The van der Waals surface area contributed by atoms with Crippen LogP contribution in [-0.4, -0.2) is 60.8 Å². The van der Waals surface area contributed by atoms with Crippen molar-refractivity contribution in [2.24, 2.45) is 0 Å². The van der Waals surface area contributed by atoms with Crippen LogP contribution in [0.4, 0.5) is 9.93 Å². The molecule has 1 N–H and O–H groups in total. The van der Waals surface area contributed by atoms with E-state index in [1.54, 1.807) is 11.3 Å². The summed E-state index contributed by atoms with van der Waals surface area (Å²) >= 11 is 1.65. The van der Waals surface area contributed by atoms with E-state index in [4.69, 9.17) is 4.74 Å². The molecule has 0 radical (unpaired) electrons. The molecule has 0 bridgehead atoms. The zero-order valence-corrected chi connectivity index (χ0v) is 13.1. The van der Waals surface area contributed by atoms with Crippen molar-refractivity contribution in [3.8, 4) is 0 Å². The van der Waals surface area contributed by atoms with Crippen molar-refractivity contribution in [1.82, 2.24) is 15.2 Å². The van der Waals surface area contributed by atoms with Gasteiger partial charge in [0, 0.05) is 44.4 Å². The Bertz CT molecular complexity index is 454. The van der Waals surface area contributed by atoms with Crippen molar-refractivity contribution in [3.05, 3.63) is 11.6 Å². The zero-order valence-electron chi connectivity index (χ0n) is 12.3. The lowest BCUT2D eigenvalue weighted by Crippen LogP contribution is -2.54. The Hall–Kier alpha value is -1.34. The summed E-state index contributed by atoms with van der Waals surface area (Å²) in [6.07, 6.45) is 4.13. The van der Waals surface area contributed by atoms with E-state index in [0.29, 0.717) is 0 Å². The number of ether oxygens (including phenoxy) is 1. The van der Waals surface area contributed by atoms with Crippen LogP contribution in [0.2, 0.25) is 0 Å². The predicted octanol–water partition coefficient (Wildman–Crippen LogP) is 1.54. The van der Waals surface area contributed by atoms with Gasteiger partial charge in [0.05, 0.1) is 12.1 Å². The van der Waals surface area contributed by atoms with Crippen molar-refractivity contribution in [3.63, 3.8) is 0 Å². The van der Waals surface area contributed by atoms with Gasteiger partial charge in [-0.1, -0.05) is 0 Å². The molecule has 2 saturated heterocycles. The second kappa shape index (κ2) is 6.62. The zero-order chi connectivity index (χ0) is 14.7. The maximum absolute atomic E-state index is 12.3. The van der Waals surface area contributed by atoms with Gasteiger partial charge >= 0.3 is 6.03 Å². The molecule has 2 fully saturated rings. The van der Waals surface area contributed by atoms with Crippen molar-refractivity contribution in [2.45, 2.75) is 31.9 Å². The Kier molecular flexibility index (Phi) is 4.60. The summed E-state index contributed by atoms with van der Waals surface area (Å²) < 4.78 is 5.62. The number of carbonyl (C=O) groups is 1. The molecule has 0 aromatic carbocycles. The standard InChI is InChI=1S/C14H22N4O2S/c1-11(12-3-2-9-20-12)16-13(19)17-5-7-18(8-6-17)14-15-4-10-21-14/h4,10-12H,2-3,5-9H2,1H3,(H,16,19)/t11-,12+/m1/s1. The molecule has 116 valence electrons. The van der Waals surface area contributed by atoms with E-state index in [9.17, 15) is 4.79 Å². The van der Waals surface area contributed by atoms with Crippen LogP contribution in [0, 0.1) is 0 Å². The van der Waals surface area contributed by atoms with E-state index < -0.39 is 0 Å². The molecule has 21 heavy (non-hydrogen) atoms. The molecule has 6 nitrogen and oxygen atoms in total. The van der Waals surface area contributed by atoms with Crippen molar-refractivity contribution in [1.29, 1.82) is 0 Å². The molecule has 3 rings (SSSR count). The third-order valence-electron chi connectivity index (χ3n) is 4.13. The van der Waals surface area contributed by atoms with E-state index >= 15 is 0 Å². The minimum atomic E-state index is 0.0248. The molecule has 1 aromatic heterocycles. The van der Waals surface area contributed by atoms with Gasteiger partial charge in [-0.3, -0.25) is 0 Å². The van der Waals surface area contributed by atoms with E-state index in [0.717, 1.165) is 50.8 Å². The number of carbonyl (C=O) groups excluding carboxylic acids is 1. The molecular formula is C14H22N4O2S. The quantitative estimate of drug-likeness (QED) is 0.920. The first-order valence-electron chi connectivity index (χ1n) is 7.55. The lowest BCUT2D eigenvalue weighted by Gasteiger charge is -2.35.